The Bertz CT molecular complexity index is 814. The molecular weight excluding hydrogens is 326 g/mol. The normalized spacial score (nSPS) is 11.6. The first-order valence-electron chi connectivity index (χ1n) is 7.47. The smallest absolute Gasteiger partial charge is 0.363 e. The van der Waals surface area contributed by atoms with E-state index in [1.165, 1.54) is 20.4 Å². The Balaban J connectivity index is 2.31. The summed E-state index contributed by atoms with van der Waals surface area (Å²) >= 11 is 0. The van der Waals surface area contributed by atoms with Crippen LogP contribution in [0.1, 0.15) is 32.0 Å². The number of phenols is 1. The van der Waals surface area contributed by atoms with Crippen molar-refractivity contribution in [3.63, 3.8) is 0 Å². The molecule has 0 spiro atoms. The van der Waals surface area contributed by atoms with Crippen LogP contribution in [0.25, 0.3) is 0 Å². The number of nitrogens with zero attached hydrogens (tertiary/aromatic N) is 3. The number of aromatic nitrogens is 3. The van der Waals surface area contributed by atoms with Gasteiger partial charge in [0.1, 0.15) is 5.69 Å². The molecule has 0 amide bonds. The molecule has 2 rings (SSSR count). The number of H-pyrrole nitrogens is 1. The van der Waals surface area contributed by atoms with Crippen LogP contribution in [0.2, 0.25) is 0 Å². The number of nitrogens with one attached hydrogen (secondary N) is 2. The number of phenolic OH excluding ortho intramolecular Hbond substituents is 1. The van der Waals surface area contributed by atoms with Crippen molar-refractivity contribution in [1.29, 1.82) is 0 Å². The van der Waals surface area contributed by atoms with E-state index in [0.29, 0.717) is 11.3 Å². The molecule has 0 atom stereocenters. The number of hydrogen-bond donors (Lipinski definition) is 3. The lowest BCUT2D eigenvalue weighted by Gasteiger charge is -2.18. The van der Waals surface area contributed by atoms with Gasteiger partial charge in [0.25, 0.3) is 0 Å². The van der Waals surface area contributed by atoms with Crippen LogP contribution < -0.4 is 20.6 Å². The third-order valence-electron chi connectivity index (χ3n) is 3.30. The van der Waals surface area contributed by atoms with Crippen molar-refractivity contribution >= 4 is 12.0 Å². The van der Waals surface area contributed by atoms with Gasteiger partial charge < -0.3 is 14.6 Å². The van der Waals surface area contributed by atoms with Crippen LogP contribution >= 0.6 is 0 Å². The van der Waals surface area contributed by atoms with Gasteiger partial charge in [-0.2, -0.15) is 15.2 Å². The number of aromatic hydroxyl groups is 1. The Morgan fingerprint density at radius 1 is 1.24 bits per heavy atom. The molecule has 0 radical (unpaired) electrons. The molecule has 0 aliphatic heterocycles. The minimum atomic E-state index is -0.571. The second-order valence-corrected chi connectivity index (χ2v) is 6.23. The van der Waals surface area contributed by atoms with Gasteiger partial charge in [0.2, 0.25) is 5.75 Å². The van der Waals surface area contributed by atoms with Gasteiger partial charge in [-0.05, 0) is 12.1 Å². The molecule has 1 heterocycles. The molecule has 1 aromatic carbocycles. The van der Waals surface area contributed by atoms with Crippen LogP contribution in [0.5, 0.6) is 17.2 Å². The van der Waals surface area contributed by atoms with Gasteiger partial charge in [0.15, 0.2) is 17.3 Å². The predicted molar refractivity (Wildman–Crippen MR) is 93.8 cm³/mol. The Morgan fingerprint density at radius 2 is 1.84 bits per heavy atom. The lowest BCUT2D eigenvalue weighted by molar-refractivity contribution is 0.340. The highest BCUT2D eigenvalue weighted by molar-refractivity contribution is 5.82. The van der Waals surface area contributed by atoms with Crippen LogP contribution in [-0.4, -0.2) is 40.7 Å². The predicted octanol–water partition coefficient (Wildman–Crippen LogP) is 1.63. The van der Waals surface area contributed by atoms with E-state index in [1.807, 2.05) is 20.8 Å². The number of benzene rings is 1. The highest BCUT2D eigenvalue weighted by Crippen LogP contribution is 2.36. The van der Waals surface area contributed by atoms with Gasteiger partial charge >= 0.3 is 5.69 Å². The summed E-state index contributed by atoms with van der Waals surface area (Å²) in [6, 6.07) is 3.19. The minimum absolute atomic E-state index is 0.0920. The number of rotatable bonds is 5. The summed E-state index contributed by atoms with van der Waals surface area (Å²) in [6.07, 6.45) is 1.49. The molecule has 134 valence electrons. The van der Waals surface area contributed by atoms with Crippen LogP contribution in [-0.2, 0) is 5.41 Å². The monoisotopic (exact) mass is 347 g/mol. The fourth-order valence-corrected chi connectivity index (χ4v) is 2.09. The van der Waals surface area contributed by atoms with Gasteiger partial charge in [-0.25, -0.2) is 9.89 Å². The lowest BCUT2D eigenvalue weighted by Crippen LogP contribution is -2.24. The fraction of sp³-hybridized carbons (Fsp3) is 0.375. The highest BCUT2D eigenvalue weighted by Gasteiger charge is 2.21. The van der Waals surface area contributed by atoms with E-state index in [9.17, 15) is 9.90 Å². The first-order chi connectivity index (χ1) is 11.8. The fourth-order valence-electron chi connectivity index (χ4n) is 2.09. The van der Waals surface area contributed by atoms with Crippen LogP contribution in [0.4, 0.5) is 5.82 Å². The van der Waals surface area contributed by atoms with Gasteiger partial charge in [0.05, 0.1) is 20.4 Å². The zero-order chi connectivity index (χ0) is 18.6. The van der Waals surface area contributed by atoms with Crippen molar-refractivity contribution in [2.45, 2.75) is 26.2 Å². The zero-order valence-electron chi connectivity index (χ0n) is 14.7. The maximum atomic E-state index is 11.4. The van der Waals surface area contributed by atoms with E-state index >= 15 is 0 Å². The van der Waals surface area contributed by atoms with E-state index in [2.05, 4.69) is 25.7 Å². The summed E-state index contributed by atoms with van der Waals surface area (Å²) < 4.78 is 10.2. The number of ether oxygens (including phenoxy) is 2. The summed E-state index contributed by atoms with van der Waals surface area (Å²) in [5.74, 6) is 0.690. The van der Waals surface area contributed by atoms with Crippen molar-refractivity contribution in [3.8, 4) is 17.2 Å². The molecule has 0 bridgehead atoms. The van der Waals surface area contributed by atoms with E-state index in [1.54, 1.807) is 12.1 Å². The van der Waals surface area contributed by atoms with Crippen molar-refractivity contribution in [2.24, 2.45) is 5.10 Å². The number of hydrogen-bond acceptors (Lipinski definition) is 8. The topological polar surface area (TPSA) is 122 Å². The third kappa shape index (κ3) is 4.25. The molecule has 0 saturated carbocycles. The van der Waals surface area contributed by atoms with Crippen molar-refractivity contribution in [3.05, 3.63) is 33.9 Å². The standard InChI is InChI=1S/C16H21N5O4/c1-16(2,3)13-14(18-15(23)21-19-13)20-17-8-9-6-10(24-4)12(22)11(7-9)25-5/h6-8,22H,1-5H3,(H2,18,20,21,23)/b17-8+. The number of anilines is 1. The summed E-state index contributed by atoms with van der Waals surface area (Å²) in [6.45, 7) is 5.83. The summed E-state index contributed by atoms with van der Waals surface area (Å²) in [5.41, 5.74) is 3.02. The van der Waals surface area contributed by atoms with Crippen molar-refractivity contribution in [1.82, 2.24) is 15.2 Å². The third-order valence-corrected chi connectivity index (χ3v) is 3.30. The maximum Gasteiger partial charge on any atom is 0.363 e. The molecule has 9 nitrogen and oxygen atoms in total. The van der Waals surface area contributed by atoms with Crippen LogP contribution in [0.3, 0.4) is 0 Å². The summed E-state index contributed by atoms with van der Waals surface area (Å²) in [7, 11) is 2.88. The van der Waals surface area contributed by atoms with E-state index in [0.717, 1.165) is 0 Å². The molecule has 0 aliphatic carbocycles. The Hall–Kier alpha value is -3.10. The number of methoxy groups -OCH3 is 2. The summed E-state index contributed by atoms with van der Waals surface area (Å²) in [5, 5.41) is 20.3. The SMILES string of the molecule is COc1cc(/C=N/Nc2nc(=O)[nH]nc2C(C)(C)C)cc(OC)c1O. The second-order valence-electron chi connectivity index (χ2n) is 6.23. The van der Waals surface area contributed by atoms with Crippen LogP contribution in [0, 0.1) is 0 Å². The molecule has 25 heavy (non-hydrogen) atoms. The second kappa shape index (κ2) is 7.20. The van der Waals surface area contributed by atoms with Crippen molar-refractivity contribution in [2.75, 3.05) is 19.6 Å². The quantitative estimate of drug-likeness (QED) is 0.555. The highest BCUT2D eigenvalue weighted by atomic mass is 16.5. The molecule has 0 aliphatic rings. The Labute approximate surface area is 144 Å². The molecule has 2 aromatic rings. The van der Waals surface area contributed by atoms with Gasteiger partial charge in [0, 0.05) is 11.0 Å². The van der Waals surface area contributed by atoms with Gasteiger partial charge in [-0.3, -0.25) is 5.43 Å². The largest absolute Gasteiger partial charge is 0.502 e. The first kappa shape index (κ1) is 18.2. The van der Waals surface area contributed by atoms with Crippen LogP contribution in [0.15, 0.2) is 22.0 Å². The average molecular weight is 347 g/mol. The van der Waals surface area contributed by atoms with Crippen molar-refractivity contribution < 1.29 is 14.6 Å². The molecule has 1 aromatic heterocycles. The summed E-state index contributed by atoms with van der Waals surface area (Å²) in [4.78, 5) is 15.3. The maximum absolute atomic E-state index is 11.4. The number of hydrazone groups is 1. The van der Waals surface area contributed by atoms with E-state index in [-0.39, 0.29) is 28.5 Å². The van der Waals surface area contributed by atoms with E-state index < -0.39 is 5.69 Å². The average Bonchev–Trinajstić information content (AvgIpc) is 2.55. The molecular formula is C16H21N5O4. The van der Waals surface area contributed by atoms with Gasteiger partial charge in [-0.1, -0.05) is 20.8 Å². The molecule has 0 saturated heterocycles. The lowest BCUT2D eigenvalue weighted by atomic mass is 9.92. The molecule has 0 fully saturated rings. The Kier molecular flexibility index (Phi) is 5.26. The molecule has 9 heteroatoms. The number of aromatic amines is 1. The minimum Gasteiger partial charge on any atom is -0.502 e. The molecule has 0 unspecified atom stereocenters. The van der Waals surface area contributed by atoms with Gasteiger partial charge in [-0.15, -0.1) is 0 Å². The first-order valence-corrected chi connectivity index (χ1v) is 7.47. The zero-order valence-corrected chi connectivity index (χ0v) is 14.7. The van der Waals surface area contributed by atoms with E-state index in [4.69, 9.17) is 9.47 Å². The Morgan fingerprint density at radius 3 is 2.36 bits per heavy atom. The molecule has 3 N–H and O–H groups in total.